The molecule has 1 aromatic heterocycles. The maximum absolute atomic E-state index is 9.10. The normalized spacial score (nSPS) is 16.5. The van der Waals surface area contributed by atoms with Crippen LogP contribution in [0.15, 0.2) is 48.2 Å². The first-order valence-electron chi connectivity index (χ1n) is 9.08. The first kappa shape index (κ1) is 18.9. The second kappa shape index (κ2) is 8.22. The summed E-state index contributed by atoms with van der Waals surface area (Å²) in [5, 5.41) is 14.8. The smallest absolute Gasteiger partial charge is 0.414 e. The minimum atomic E-state index is -1.82. The number of aryl methyl sites for hydroxylation is 2. The van der Waals surface area contributed by atoms with Gasteiger partial charge in [-0.1, -0.05) is 29.8 Å². The predicted molar refractivity (Wildman–Crippen MR) is 103 cm³/mol. The Morgan fingerprint density at radius 2 is 1.56 bits per heavy atom. The average Bonchev–Trinajstić information content (AvgIpc) is 3.05. The molecule has 6 nitrogen and oxygen atoms in total. The maximum atomic E-state index is 9.10. The topological polar surface area (TPSA) is 82.8 Å². The number of piperidine rings is 1. The summed E-state index contributed by atoms with van der Waals surface area (Å²) >= 11 is 0. The highest BCUT2D eigenvalue weighted by Gasteiger charge is 2.22. The molecule has 6 heteroatoms. The Morgan fingerprint density at radius 1 is 0.889 bits per heavy atom. The lowest BCUT2D eigenvalue weighted by Crippen LogP contribution is -2.27. The number of carboxylic acids is 2. The molecule has 142 valence electrons. The molecule has 0 atom stereocenters. The van der Waals surface area contributed by atoms with Crippen LogP contribution in [0.25, 0.3) is 5.57 Å². The van der Waals surface area contributed by atoms with E-state index in [-0.39, 0.29) is 0 Å². The molecule has 27 heavy (non-hydrogen) atoms. The summed E-state index contributed by atoms with van der Waals surface area (Å²) in [6.45, 7) is 3.46. The molecule has 0 unspecified atom stereocenters. The van der Waals surface area contributed by atoms with Crippen LogP contribution in [0.2, 0.25) is 0 Å². The van der Waals surface area contributed by atoms with Crippen molar-refractivity contribution in [1.29, 1.82) is 0 Å². The third kappa shape index (κ3) is 4.28. The molecule has 1 fully saturated rings. The maximum Gasteiger partial charge on any atom is 0.414 e. The van der Waals surface area contributed by atoms with Gasteiger partial charge in [0.05, 0.1) is 0 Å². The Morgan fingerprint density at radius 3 is 2.22 bits per heavy atom. The molecule has 0 spiro atoms. The molecule has 2 aromatic rings. The van der Waals surface area contributed by atoms with Crippen molar-refractivity contribution in [2.24, 2.45) is 0 Å². The van der Waals surface area contributed by atoms with Crippen molar-refractivity contribution in [3.8, 4) is 0 Å². The Balaban J connectivity index is 0.000000307. The van der Waals surface area contributed by atoms with Crippen LogP contribution in [-0.4, -0.2) is 51.8 Å². The fraction of sp³-hybridized carbons (Fsp3) is 0.333. The lowest BCUT2D eigenvalue weighted by Gasteiger charge is -2.27. The van der Waals surface area contributed by atoms with Crippen LogP contribution >= 0.6 is 0 Å². The van der Waals surface area contributed by atoms with Crippen LogP contribution in [-0.2, 0) is 22.6 Å². The first-order chi connectivity index (χ1) is 13.0. The van der Waals surface area contributed by atoms with E-state index < -0.39 is 11.9 Å². The third-order valence-corrected chi connectivity index (χ3v) is 5.12. The molecule has 1 saturated heterocycles. The Labute approximate surface area is 158 Å². The number of benzene rings is 1. The van der Waals surface area contributed by atoms with E-state index in [4.69, 9.17) is 19.8 Å². The minimum absolute atomic E-state index is 1.09. The minimum Gasteiger partial charge on any atom is -0.473 e. The first-order valence-corrected chi connectivity index (χ1v) is 9.08. The molecule has 0 amide bonds. The molecular formula is C21H24N2O4. The van der Waals surface area contributed by atoms with Gasteiger partial charge in [-0.25, -0.2) is 9.59 Å². The Bertz CT molecular complexity index is 860. The van der Waals surface area contributed by atoms with E-state index >= 15 is 0 Å². The SMILES string of the molecule is CN1CCC(=C2c3ccccc3CCn3cccc32)CC1.O=C(O)C(=O)O. The van der Waals surface area contributed by atoms with Gasteiger partial charge in [-0.3, -0.25) is 0 Å². The number of nitrogens with zero attached hydrogens (tertiary/aromatic N) is 2. The van der Waals surface area contributed by atoms with Crippen LogP contribution < -0.4 is 0 Å². The van der Waals surface area contributed by atoms with Gasteiger partial charge in [0.25, 0.3) is 0 Å². The van der Waals surface area contributed by atoms with E-state index in [1.165, 1.54) is 48.3 Å². The van der Waals surface area contributed by atoms with Gasteiger partial charge in [-0.2, -0.15) is 0 Å². The number of hydrogen-bond acceptors (Lipinski definition) is 3. The van der Waals surface area contributed by atoms with Crippen molar-refractivity contribution in [2.45, 2.75) is 25.8 Å². The molecule has 1 aromatic carbocycles. The molecule has 3 heterocycles. The summed E-state index contributed by atoms with van der Waals surface area (Å²) < 4.78 is 2.43. The van der Waals surface area contributed by atoms with E-state index in [2.05, 4.69) is 59.1 Å². The Hall–Kier alpha value is -2.86. The van der Waals surface area contributed by atoms with E-state index in [1.54, 1.807) is 5.57 Å². The van der Waals surface area contributed by atoms with Gasteiger partial charge >= 0.3 is 11.9 Å². The van der Waals surface area contributed by atoms with Crippen molar-refractivity contribution >= 4 is 17.5 Å². The van der Waals surface area contributed by atoms with Crippen LogP contribution in [0.5, 0.6) is 0 Å². The fourth-order valence-electron chi connectivity index (χ4n) is 3.71. The molecule has 0 aliphatic carbocycles. The van der Waals surface area contributed by atoms with E-state index in [0.29, 0.717) is 0 Å². The van der Waals surface area contributed by atoms with Crippen LogP contribution in [0.3, 0.4) is 0 Å². The lowest BCUT2D eigenvalue weighted by atomic mass is 9.89. The lowest BCUT2D eigenvalue weighted by molar-refractivity contribution is -0.159. The standard InChI is InChI=1S/C19H22N2.C2H2O4/c1-20-12-8-16(9-13-20)19-17-6-3-2-5-15(17)10-14-21-11-4-7-18(19)21;3-1(4)2(5)6/h2-7,11H,8-10,12-14H2,1H3;(H,3,4)(H,5,6). The quantitative estimate of drug-likeness (QED) is 0.699. The van der Waals surface area contributed by atoms with Crippen molar-refractivity contribution in [3.05, 3.63) is 65.0 Å². The molecule has 2 aliphatic heterocycles. The van der Waals surface area contributed by atoms with Gasteiger partial charge in [0, 0.05) is 37.1 Å². The number of carbonyl (C=O) groups is 2. The van der Waals surface area contributed by atoms with E-state index in [0.717, 1.165) is 13.0 Å². The molecule has 2 N–H and O–H groups in total. The second-order valence-corrected chi connectivity index (χ2v) is 6.89. The highest BCUT2D eigenvalue weighted by Crippen LogP contribution is 2.36. The largest absolute Gasteiger partial charge is 0.473 e. The molecular weight excluding hydrogens is 344 g/mol. The second-order valence-electron chi connectivity index (χ2n) is 6.89. The summed E-state index contributed by atoms with van der Waals surface area (Å²) in [7, 11) is 2.23. The number of rotatable bonds is 0. The van der Waals surface area contributed by atoms with Gasteiger partial charge in [0.1, 0.15) is 0 Å². The number of fused-ring (bicyclic) bond motifs is 2. The van der Waals surface area contributed by atoms with Gasteiger partial charge < -0.3 is 19.7 Å². The molecule has 0 bridgehead atoms. The zero-order chi connectivity index (χ0) is 19.4. The summed E-state index contributed by atoms with van der Waals surface area (Å²) in [5.74, 6) is -3.65. The van der Waals surface area contributed by atoms with E-state index in [9.17, 15) is 0 Å². The van der Waals surface area contributed by atoms with Crippen LogP contribution in [0, 0.1) is 0 Å². The molecule has 4 rings (SSSR count). The Kier molecular flexibility index (Phi) is 5.76. The number of aliphatic carboxylic acids is 2. The number of hydrogen-bond donors (Lipinski definition) is 2. The molecule has 0 saturated carbocycles. The van der Waals surface area contributed by atoms with E-state index in [1.807, 2.05) is 0 Å². The van der Waals surface area contributed by atoms with Crippen molar-refractivity contribution < 1.29 is 19.8 Å². The summed E-state index contributed by atoms with van der Waals surface area (Å²) in [5.41, 5.74) is 7.54. The van der Waals surface area contributed by atoms with Gasteiger partial charge in [0.15, 0.2) is 0 Å². The number of aromatic nitrogens is 1. The van der Waals surface area contributed by atoms with Crippen molar-refractivity contribution in [3.63, 3.8) is 0 Å². The van der Waals surface area contributed by atoms with Crippen molar-refractivity contribution in [1.82, 2.24) is 9.47 Å². The van der Waals surface area contributed by atoms with Crippen molar-refractivity contribution in [2.75, 3.05) is 20.1 Å². The zero-order valence-electron chi connectivity index (χ0n) is 15.4. The number of likely N-dealkylation sites (tertiary alicyclic amines) is 1. The summed E-state index contributed by atoms with van der Waals surface area (Å²) in [4.78, 5) is 20.6. The zero-order valence-corrected chi connectivity index (χ0v) is 15.4. The van der Waals surface area contributed by atoms with Crippen LogP contribution in [0.4, 0.5) is 0 Å². The van der Waals surface area contributed by atoms with Gasteiger partial charge in [-0.15, -0.1) is 0 Å². The average molecular weight is 368 g/mol. The van der Waals surface area contributed by atoms with Crippen LogP contribution in [0.1, 0.15) is 29.7 Å². The molecule has 0 radical (unpaired) electrons. The molecule has 2 aliphatic rings. The highest BCUT2D eigenvalue weighted by molar-refractivity contribution is 6.27. The fourth-order valence-corrected chi connectivity index (χ4v) is 3.71. The highest BCUT2D eigenvalue weighted by atomic mass is 16.4. The summed E-state index contributed by atoms with van der Waals surface area (Å²) in [6.07, 6.45) is 5.77. The third-order valence-electron chi connectivity index (χ3n) is 5.12. The van der Waals surface area contributed by atoms with Gasteiger partial charge in [-0.05, 0) is 49.6 Å². The summed E-state index contributed by atoms with van der Waals surface area (Å²) in [6, 6.07) is 13.5. The predicted octanol–water partition coefficient (Wildman–Crippen LogP) is 2.73. The number of carboxylic acid groups (broad SMARTS) is 2. The van der Waals surface area contributed by atoms with Gasteiger partial charge in [0.2, 0.25) is 0 Å². The monoisotopic (exact) mass is 368 g/mol.